The standard InChI is InChI=1S/C11H19NO3/c1-7-4-11(9(3)15-7)8(2)12-10(5-13)6-14/h4,8,10,12-14H,5-6H2,1-3H3. The molecule has 0 amide bonds. The molecule has 0 aliphatic rings. The number of aryl methyl sites for hydroxylation is 2. The topological polar surface area (TPSA) is 65.6 Å². The molecule has 0 saturated heterocycles. The van der Waals surface area contributed by atoms with Crippen LogP contribution < -0.4 is 5.32 Å². The summed E-state index contributed by atoms with van der Waals surface area (Å²) in [6, 6.07) is 1.75. The maximum absolute atomic E-state index is 8.95. The quantitative estimate of drug-likeness (QED) is 0.680. The Morgan fingerprint density at radius 3 is 2.33 bits per heavy atom. The van der Waals surface area contributed by atoms with Crippen LogP contribution in [0.4, 0.5) is 0 Å². The Labute approximate surface area is 89.9 Å². The zero-order valence-corrected chi connectivity index (χ0v) is 9.45. The van der Waals surface area contributed by atoms with Crippen molar-refractivity contribution < 1.29 is 14.6 Å². The van der Waals surface area contributed by atoms with E-state index in [1.54, 1.807) is 0 Å². The first kappa shape index (κ1) is 12.2. The first-order chi connectivity index (χ1) is 7.08. The predicted molar refractivity (Wildman–Crippen MR) is 57.7 cm³/mol. The van der Waals surface area contributed by atoms with E-state index in [-0.39, 0.29) is 25.3 Å². The molecule has 1 unspecified atom stereocenters. The van der Waals surface area contributed by atoms with Gasteiger partial charge < -0.3 is 19.9 Å². The second-order valence-electron chi connectivity index (χ2n) is 3.82. The molecule has 0 spiro atoms. The van der Waals surface area contributed by atoms with Gasteiger partial charge in [0.2, 0.25) is 0 Å². The summed E-state index contributed by atoms with van der Waals surface area (Å²) in [4.78, 5) is 0. The van der Waals surface area contributed by atoms with Crippen molar-refractivity contribution >= 4 is 0 Å². The molecule has 1 aromatic heterocycles. The molecule has 86 valence electrons. The van der Waals surface area contributed by atoms with E-state index in [9.17, 15) is 0 Å². The molecule has 0 bridgehead atoms. The van der Waals surface area contributed by atoms with Crippen molar-refractivity contribution in [3.8, 4) is 0 Å². The third-order valence-corrected chi connectivity index (χ3v) is 2.47. The highest BCUT2D eigenvalue weighted by atomic mass is 16.3. The van der Waals surface area contributed by atoms with E-state index in [1.807, 2.05) is 26.8 Å². The van der Waals surface area contributed by atoms with Gasteiger partial charge in [-0.2, -0.15) is 0 Å². The van der Waals surface area contributed by atoms with Crippen molar-refractivity contribution in [1.29, 1.82) is 0 Å². The fourth-order valence-electron chi connectivity index (χ4n) is 1.69. The minimum absolute atomic E-state index is 0.0618. The molecule has 3 N–H and O–H groups in total. The number of hydrogen-bond donors (Lipinski definition) is 3. The van der Waals surface area contributed by atoms with Crippen molar-refractivity contribution in [2.24, 2.45) is 0 Å². The summed E-state index contributed by atoms with van der Waals surface area (Å²) in [6.45, 7) is 5.65. The second-order valence-corrected chi connectivity index (χ2v) is 3.82. The zero-order chi connectivity index (χ0) is 11.4. The van der Waals surface area contributed by atoms with Gasteiger partial charge in [-0.25, -0.2) is 0 Å². The van der Waals surface area contributed by atoms with Gasteiger partial charge in [0.05, 0.1) is 19.3 Å². The molecule has 4 heteroatoms. The maximum atomic E-state index is 8.95. The van der Waals surface area contributed by atoms with Crippen molar-refractivity contribution in [3.63, 3.8) is 0 Å². The molecule has 0 aliphatic heterocycles. The molecule has 1 aromatic rings. The van der Waals surface area contributed by atoms with E-state index in [2.05, 4.69) is 5.32 Å². The first-order valence-corrected chi connectivity index (χ1v) is 5.13. The van der Waals surface area contributed by atoms with Crippen LogP contribution >= 0.6 is 0 Å². The van der Waals surface area contributed by atoms with Crippen LogP contribution in [0.15, 0.2) is 10.5 Å². The van der Waals surface area contributed by atoms with Gasteiger partial charge in [0.15, 0.2) is 0 Å². The van der Waals surface area contributed by atoms with Crippen LogP contribution in [0.2, 0.25) is 0 Å². The van der Waals surface area contributed by atoms with Crippen LogP contribution in [0.1, 0.15) is 30.0 Å². The first-order valence-electron chi connectivity index (χ1n) is 5.13. The van der Waals surface area contributed by atoms with Crippen LogP contribution in [-0.4, -0.2) is 29.5 Å². The van der Waals surface area contributed by atoms with E-state index >= 15 is 0 Å². The van der Waals surface area contributed by atoms with Gasteiger partial charge >= 0.3 is 0 Å². The van der Waals surface area contributed by atoms with Crippen LogP contribution in [-0.2, 0) is 0 Å². The number of furan rings is 1. The smallest absolute Gasteiger partial charge is 0.105 e. The molecule has 0 fully saturated rings. The van der Waals surface area contributed by atoms with Crippen LogP contribution in [0.5, 0.6) is 0 Å². The summed E-state index contributed by atoms with van der Waals surface area (Å²) < 4.78 is 5.42. The van der Waals surface area contributed by atoms with Crippen molar-refractivity contribution in [2.45, 2.75) is 32.9 Å². The fourth-order valence-corrected chi connectivity index (χ4v) is 1.69. The lowest BCUT2D eigenvalue weighted by atomic mass is 10.1. The molecule has 0 saturated carbocycles. The number of rotatable bonds is 5. The number of nitrogens with one attached hydrogen (secondary N) is 1. The largest absolute Gasteiger partial charge is 0.466 e. The lowest BCUT2D eigenvalue weighted by Gasteiger charge is -2.19. The molecular weight excluding hydrogens is 194 g/mol. The molecule has 15 heavy (non-hydrogen) atoms. The molecule has 0 radical (unpaired) electrons. The Bertz CT molecular complexity index is 305. The summed E-state index contributed by atoms with van der Waals surface area (Å²) in [7, 11) is 0. The van der Waals surface area contributed by atoms with E-state index in [0.717, 1.165) is 17.1 Å². The van der Waals surface area contributed by atoms with Gasteiger partial charge in [0.1, 0.15) is 11.5 Å². The highest BCUT2D eigenvalue weighted by molar-refractivity contribution is 5.23. The molecule has 4 nitrogen and oxygen atoms in total. The minimum atomic E-state index is -0.283. The predicted octanol–water partition coefficient (Wildman–Crippen LogP) is 0.900. The van der Waals surface area contributed by atoms with Gasteiger partial charge in [0, 0.05) is 11.6 Å². The Morgan fingerprint density at radius 1 is 1.33 bits per heavy atom. The zero-order valence-electron chi connectivity index (χ0n) is 9.45. The average molecular weight is 213 g/mol. The number of hydrogen-bond acceptors (Lipinski definition) is 4. The molecule has 1 heterocycles. The lowest BCUT2D eigenvalue weighted by molar-refractivity contribution is 0.163. The van der Waals surface area contributed by atoms with Crippen molar-refractivity contribution in [3.05, 3.63) is 23.2 Å². The third-order valence-electron chi connectivity index (χ3n) is 2.47. The SMILES string of the molecule is Cc1cc(C(C)NC(CO)CO)c(C)o1. The summed E-state index contributed by atoms with van der Waals surface area (Å²) >= 11 is 0. The van der Waals surface area contributed by atoms with E-state index in [4.69, 9.17) is 14.6 Å². The summed E-state index contributed by atoms with van der Waals surface area (Å²) in [5, 5.41) is 21.0. The minimum Gasteiger partial charge on any atom is -0.466 e. The van der Waals surface area contributed by atoms with Crippen molar-refractivity contribution in [1.82, 2.24) is 5.32 Å². The van der Waals surface area contributed by atoms with Gasteiger partial charge in [-0.1, -0.05) is 0 Å². The van der Waals surface area contributed by atoms with Crippen LogP contribution in [0, 0.1) is 13.8 Å². The molecular formula is C11H19NO3. The summed E-state index contributed by atoms with van der Waals surface area (Å²) in [5.41, 5.74) is 1.07. The highest BCUT2D eigenvalue weighted by Gasteiger charge is 2.15. The van der Waals surface area contributed by atoms with Gasteiger partial charge in [-0.05, 0) is 26.8 Å². The van der Waals surface area contributed by atoms with Crippen molar-refractivity contribution in [2.75, 3.05) is 13.2 Å². The fraction of sp³-hybridized carbons (Fsp3) is 0.636. The second kappa shape index (κ2) is 5.30. The Balaban J connectivity index is 2.67. The van der Waals surface area contributed by atoms with Gasteiger partial charge in [-0.15, -0.1) is 0 Å². The van der Waals surface area contributed by atoms with E-state index in [1.165, 1.54) is 0 Å². The summed E-state index contributed by atoms with van der Waals surface area (Å²) in [6.07, 6.45) is 0. The van der Waals surface area contributed by atoms with Crippen LogP contribution in [0.3, 0.4) is 0 Å². The summed E-state index contributed by atoms with van der Waals surface area (Å²) in [5.74, 6) is 1.75. The Kier molecular flexibility index (Phi) is 4.32. The normalized spacial score (nSPS) is 13.5. The third kappa shape index (κ3) is 3.06. The molecule has 1 atom stereocenters. The Hall–Kier alpha value is -0.840. The van der Waals surface area contributed by atoms with Gasteiger partial charge in [-0.3, -0.25) is 0 Å². The number of aliphatic hydroxyl groups is 2. The van der Waals surface area contributed by atoms with E-state index in [0.29, 0.717) is 0 Å². The maximum Gasteiger partial charge on any atom is 0.105 e. The molecule has 0 aromatic carbocycles. The molecule has 1 rings (SSSR count). The van der Waals surface area contributed by atoms with Crippen LogP contribution in [0.25, 0.3) is 0 Å². The van der Waals surface area contributed by atoms with E-state index < -0.39 is 0 Å². The Morgan fingerprint density at radius 2 is 1.93 bits per heavy atom. The lowest BCUT2D eigenvalue weighted by Crippen LogP contribution is -2.37. The highest BCUT2D eigenvalue weighted by Crippen LogP contribution is 2.21. The monoisotopic (exact) mass is 213 g/mol. The number of aliphatic hydroxyl groups excluding tert-OH is 2. The average Bonchev–Trinajstić information content (AvgIpc) is 2.54. The molecule has 0 aliphatic carbocycles. The van der Waals surface area contributed by atoms with Gasteiger partial charge in [0.25, 0.3) is 0 Å².